The molecule has 8 nitrogen and oxygen atoms in total. The molecule has 2 heterocycles. The van der Waals surface area contributed by atoms with Gasteiger partial charge in [-0.05, 0) is 37.6 Å². The van der Waals surface area contributed by atoms with Crippen LogP contribution in [0.5, 0.6) is 0 Å². The molecule has 0 spiro atoms. The van der Waals surface area contributed by atoms with Crippen molar-refractivity contribution in [3.63, 3.8) is 0 Å². The van der Waals surface area contributed by atoms with Gasteiger partial charge in [-0.15, -0.1) is 5.10 Å². The van der Waals surface area contributed by atoms with E-state index >= 15 is 0 Å². The standard InChI is InChI=1S/C11H11N5O3S/c1-5-4-7(8(17)18)13-9(12-5)20-11-15-14-10(19)16(11)6-2-3-6/h4,6H,2-3H2,1H3,(H,14,19)(H,17,18). The van der Waals surface area contributed by atoms with Crippen LogP contribution >= 0.6 is 11.8 Å². The van der Waals surface area contributed by atoms with Crippen molar-refractivity contribution in [3.8, 4) is 0 Å². The van der Waals surface area contributed by atoms with Gasteiger partial charge in [0.15, 0.2) is 16.0 Å². The zero-order valence-electron chi connectivity index (χ0n) is 10.5. The van der Waals surface area contributed by atoms with Gasteiger partial charge in [0.05, 0.1) is 0 Å². The lowest BCUT2D eigenvalue weighted by molar-refractivity contribution is 0.0689. The van der Waals surface area contributed by atoms with E-state index in [0.29, 0.717) is 10.9 Å². The first-order valence-corrected chi connectivity index (χ1v) is 6.80. The second-order valence-corrected chi connectivity index (χ2v) is 5.43. The Morgan fingerprint density at radius 2 is 2.25 bits per heavy atom. The Bertz CT molecular complexity index is 734. The molecule has 9 heteroatoms. The Kier molecular flexibility index (Phi) is 3.05. The van der Waals surface area contributed by atoms with E-state index in [1.54, 1.807) is 11.5 Å². The molecule has 1 aliphatic carbocycles. The molecule has 0 bridgehead atoms. The van der Waals surface area contributed by atoms with Crippen LogP contribution in [-0.4, -0.2) is 35.8 Å². The highest BCUT2D eigenvalue weighted by molar-refractivity contribution is 7.99. The minimum Gasteiger partial charge on any atom is -0.477 e. The van der Waals surface area contributed by atoms with Crippen molar-refractivity contribution in [2.45, 2.75) is 36.1 Å². The molecule has 0 amide bonds. The maximum Gasteiger partial charge on any atom is 0.354 e. The van der Waals surface area contributed by atoms with Crippen molar-refractivity contribution in [1.82, 2.24) is 24.7 Å². The van der Waals surface area contributed by atoms with Gasteiger partial charge >= 0.3 is 11.7 Å². The van der Waals surface area contributed by atoms with E-state index < -0.39 is 5.97 Å². The van der Waals surface area contributed by atoms with Gasteiger partial charge in [0.1, 0.15) is 0 Å². The molecule has 2 N–H and O–H groups in total. The first-order valence-electron chi connectivity index (χ1n) is 5.98. The number of hydrogen-bond donors (Lipinski definition) is 2. The number of carbonyl (C=O) groups is 1. The van der Waals surface area contributed by atoms with E-state index in [0.717, 1.165) is 24.6 Å². The number of hydrogen-bond acceptors (Lipinski definition) is 6. The molecule has 2 aromatic heterocycles. The van der Waals surface area contributed by atoms with Crippen molar-refractivity contribution in [2.75, 3.05) is 0 Å². The lowest BCUT2D eigenvalue weighted by Crippen LogP contribution is -2.16. The maximum absolute atomic E-state index is 11.7. The zero-order valence-corrected chi connectivity index (χ0v) is 11.3. The first kappa shape index (κ1) is 12.9. The number of nitrogens with zero attached hydrogens (tertiary/aromatic N) is 4. The van der Waals surface area contributed by atoms with Crippen LogP contribution in [0.1, 0.15) is 35.1 Å². The van der Waals surface area contributed by atoms with Gasteiger partial charge < -0.3 is 5.11 Å². The quantitative estimate of drug-likeness (QED) is 0.803. The fraction of sp³-hybridized carbons (Fsp3) is 0.364. The number of aryl methyl sites for hydroxylation is 1. The fourth-order valence-corrected chi connectivity index (χ4v) is 2.71. The van der Waals surface area contributed by atoms with Gasteiger partial charge in [-0.2, -0.15) is 0 Å². The summed E-state index contributed by atoms with van der Waals surface area (Å²) < 4.78 is 1.57. The van der Waals surface area contributed by atoms with Gasteiger partial charge in [-0.25, -0.2) is 24.7 Å². The summed E-state index contributed by atoms with van der Waals surface area (Å²) in [5.74, 6) is -1.11. The first-order chi connectivity index (χ1) is 9.54. The average Bonchev–Trinajstić information content (AvgIpc) is 3.14. The molecule has 3 rings (SSSR count). The molecule has 20 heavy (non-hydrogen) atoms. The van der Waals surface area contributed by atoms with Crippen LogP contribution in [-0.2, 0) is 0 Å². The zero-order chi connectivity index (χ0) is 14.3. The van der Waals surface area contributed by atoms with Crippen molar-refractivity contribution in [1.29, 1.82) is 0 Å². The van der Waals surface area contributed by atoms with E-state index in [1.807, 2.05) is 0 Å². The molecule has 1 aliphatic rings. The maximum atomic E-state index is 11.7. The average molecular weight is 293 g/mol. The smallest absolute Gasteiger partial charge is 0.354 e. The molecule has 1 fully saturated rings. The molecule has 0 aromatic carbocycles. The van der Waals surface area contributed by atoms with Crippen LogP contribution in [0.3, 0.4) is 0 Å². The van der Waals surface area contributed by atoms with E-state index in [9.17, 15) is 9.59 Å². The Balaban J connectivity index is 1.95. The molecule has 0 atom stereocenters. The van der Waals surface area contributed by atoms with Crippen molar-refractivity contribution < 1.29 is 9.90 Å². The summed E-state index contributed by atoms with van der Waals surface area (Å²) in [5.41, 5.74) is 0.215. The van der Waals surface area contributed by atoms with Gasteiger partial charge in [0.2, 0.25) is 0 Å². The second kappa shape index (κ2) is 4.75. The number of aromatic amines is 1. The van der Waals surface area contributed by atoms with E-state index in [-0.39, 0.29) is 22.6 Å². The number of H-pyrrole nitrogens is 1. The molecular formula is C11H11N5O3S. The minimum atomic E-state index is -1.11. The lowest BCUT2D eigenvalue weighted by Gasteiger charge is -2.04. The second-order valence-electron chi connectivity index (χ2n) is 4.50. The normalized spacial score (nSPS) is 14.4. The Morgan fingerprint density at radius 1 is 1.50 bits per heavy atom. The SMILES string of the molecule is Cc1cc(C(=O)O)nc(Sc2n[nH]c(=O)n2C2CC2)n1. The van der Waals surface area contributed by atoms with Gasteiger partial charge in [-0.3, -0.25) is 4.57 Å². The number of carboxylic acid groups (broad SMARTS) is 1. The lowest BCUT2D eigenvalue weighted by atomic mass is 10.3. The predicted octanol–water partition coefficient (Wildman–Crippen LogP) is 0.854. The van der Waals surface area contributed by atoms with Crippen molar-refractivity contribution >= 4 is 17.7 Å². The number of carboxylic acids is 1. The number of nitrogens with one attached hydrogen (secondary N) is 1. The Labute approximate surface area is 117 Å². The summed E-state index contributed by atoms with van der Waals surface area (Å²) in [4.78, 5) is 30.7. The highest BCUT2D eigenvalue weighted by Crippen LogP contribution is 2.37. The third-order valence-corrected chi connectivity index (χ3v) is 3.66. The van der Waals surface area contributed by atoms with E-state index in [2.05, 4.69) is 20.2 Å². The molecule has 2 aromatic rings. The van der Waals surface area contributed by atoms with Crippen LogP contribution in [0, 0.1) is 6.92 Å². The van der Waals surface area contributed by atoms with Gasteiger partial charge in [0.25, 0.3) is 0 Å². The topological polar surface area (TPSA) is 114 Å². The van der Waals surface area contributed by atoms with Crippen LogP contribution < -0.4 is 5.69 Å². The predicted molar refractivity (Wildman–Crippen MR) is 69.0 cm³/mol. The van der Waals surface area contributed by atoms with E-state index in [4.69, 9.17) is 5.11 Å². The van der Waals surface area contributed by atoms with Crippen LogP contribution in [0.2, 0.25) is 0 Å². The van der Waals surface area contributed by atoms with E-state index in [1.165, 1.54) is 6.07 Å². The minimum absolute atomic E-state index is 0.0733. The molecule has 0 unspecified atom stereocenters. The summed E-state index contributed by atoms with van der Waals surface area (Å²) in [7, 11) is 0. The van der Waals surface area contributed by atoms with Gasteiger partial charge in [-0.1, -0.05) is 0 Å². The summed E-state index contributed by atoms with van der Waals surface area (Å²) in [6.45, 7) is 1.69. The third-order valence-electron chi connectivity index (χ3n) is 2.82. The summed E-state index contributed by atoms with van der Waals surface area (Å²) in [6.07, 6.45) is 1.89. The van der Waals surface area contributed by atoms with Crippen molar-refractivity contribution in [2.24, 2.45) is 0 Å². The van der Waals surface area contributed by atoms with Crippen LogP contribution in [0.4, 0.5) is 0 Å². The van der Waals surface area contributed by atoms with Crippen LogP contribution in [0.25, 0.3) is 0 Å². The number of aromatic nitrogens is 5. The van der Waals surface area contributed by atoms with Crippen molar-refractivity contribution in [3.05, 3.63) is 27.9 Å². The Hall–Kier alpha value is -2.16. The number of rotatable bonds is 4. The molecule has 0 radical (unpaired) electrons. The summed E-state index contributed by atoms with van der Waals surface area (Å²) >= 11 is 1.08. The number of aromatic carboxylic acids is 1. The highest BCUT2D eigenvalue weighted by atomic mass is 32.2. The summed E-state index contributed by atoms with van der Waals surface area (Å²) in [5, 5.41) is 16.0. The molecule has 0 aliphatic heterocycles. The molecule has 104 valence electrons. The third kappa shape index (κ3) is 2.44. The Morgan fingerprint density at radius 3 is 2.90 bits per heavy atom. The van der Waals surface area contributed by atoms with Crippen LogP contribution in [0.15, 0.2) is 21.2 Å². The summed E-state index contributed by atoms with van der Waals surface area (Å²) in [6, 6.07) is 1.57. The molecule has 0 saturated heterocycles. The van der Waals surface area contributed by atoms with Gasteiger partial charge in [0, 0.05) is 11.7 Å². The molecule has 1 saturated carbocycles. The fourth-order valence-electron chi connectivity index (χ4n) is 1.80. The highest BCUT2D eigenvalue weighted by Gasteiger charge is 2.29. The largest absolute Gasteiger partial charge is 0.477 e. The monoisotopic (exact) mass is 293 g/mol. The molecular weight excluding hydrogens is 282 g/mol.